The Bertz CT molecular complexity index is 881. The van der Waals surface area contributed by atoms with Crippen LogP contribution in [0.2, 0.25) is 0 Å². The van der Waals surface area contributed by atoms with Gasteiger partial charge in [-0.3, -0.25) is 9.32 Å². The molecule has 0 aromatic heterocycles. The van der Waals surface area contributed by atoms with Gasteiger partial charge in [0.2, 0.25) is 5.91 Å². The Morgan fingerprint density at radius 2 is 1.00 bits per heavy atom. The normalized spacial score (nSPS) is 13.9. The van der Waals surface area contributed by atoms with E-state index in [0.717, 1.165) is 44.9 Å². The molecule has 0 aliphatic rings. The Morgan fingerprint density at radius 3 is 1.46 bits per heavy atom. The number of aliphatic hydroxyl groups excluding tert-OH is 1. The summed E-state index contributed by atoms with van der Waals surface area (Å²) in [5, 5.41) is 13.4. The highest BCUT2D eigenvalue weighted by Gasteiger charge is 2.25. The molecule has 0 aliphatic heterocycles. The summed E-state index contributed by atoms with van der Waals surface area (Å²) in [5.41, 5.74) is 0. The number of aliphatic hydroxyl groups is 1. The lowest BCUT2D eigenvalue weighted by Crippen LogP contribution is -2.46. The Hall–Kier alpha value is -1.50. The van der Waals surface area contributed by atoms with E-state index in [2.05, 4.69) is 72.3 Å². The van der Waals surface area contributed by atoms with E-state index in [-0.39, 0.29) is 12.3 Å². The van der Waals surface area contributed by atoms with Gasteiger partial charge in [0.05, 0.1) is 18.8 Å². The average molecular weight is 696 g/mol. The minimum Gasteiger partial charge on any atom is -0.391 e. The summed E-state index contributed by atoms with van der Waals surface area (Å²) in [6.07, 6.45) is 45.3. The third-order valence-electron chi connectivity index (χ3n) is 8.57. The molecule has 7 nitrogen and oxygen atoms in total. The molecule has 0 unspecified atom stereocenters. The number of unbranched alkanes of at least 4 members (excludes halogenated alkanes) is 18. The van der Waals surface area contributed by atoms with Crippen molar-refractivity contribution in [2.45, 2.75) is 193 Å². The van der Waals surface area contributed by atoms with E-state index in [0.29, 0.717) is 12.8 Å². The Kier molecular flexibility index (Phi) is 34.2. The molecule has 0 bridgehead atoms. The van der Waals surface area contributed by atoms with Crippen LogP contribution in [0, 0.1) is 0 Å². The van der Waals surface area contributed by atoms with Crippen LogP contribution in [0.25, 0.3) is 0 Å². The number of amides is 1. The first kappa shape index (κ1) is 46.5. The van der Waals surface area contributed by atoms with Crippen molar-refractivity contribution < 1.29 is 28.8 Å². The Labute approximate surface area is 295 Å². The molecule has 0 heterocycles. The first-order chi connectivity index (χ1) is 23.3. The topological polar surface area (TPSA) is 116 Å². The zero-order valence-electron chi connectivity index (χ0n) is 30.9. The molecule has 1 amide bonds. The fraction of sp³-hybridized carbons (Fsp3) is 0.775. The molecule has 0 spiro atoms. The van der Waals surface area contributed by atoms with Crippen molar-refractivity contribution in [2.24, 2.45) is 0 Å². The molecular formula is C40H74NO6P. The number of carbonyl (C=O) groups is 1. The van der Waals surface area contributed by atoms with E-state index in [4.69, 9.17) is 9.79 Å². The summed E-state index contributed by atoms with van der Waals surface area (Å²) in [5.74, 6) is -0.250. The SMILES string of the molecule is CCCCCCCCC/C=C\C/C=C\C/C=C\C/C=C\CCCC(=O)N[C@@H](COP(=O)(O)O)[C@H](O)CCCCCCCCCCCCC. The first-order valence-corrected chi connectivity index (χ1v) is 21.1. The van der Waals surface area contributed by atoms with Gasteiger partial charge in [-0.25, -0.2) is 4.57 Å². The maximum Gasteiger partial charge on any atom is 0.469 e. The smallest absolute Gasteiger partial charge is 0.391 e. The molecule has 4 N–H and O–H groups in total. The van der Waals surface area contributed by atoms with Crippen LogP contribution in [0.1, 0.15) is 181 Å². The van der Waals surface area contributed by atoms with Gasteiger partial charge in [0, 0.05) is 6.42 Å². The highest BCUT2D eigenvalue weighted by Crippen LogP contribution is 2.36. The summed E-state index contributed by atoms with van der Waals surface area (Å²) in [6.45, 7) is 4.07. The molecule has 0 aromatic carbocycles. The molecule has 0 fully saturated rings. The van der Waals surface area contributed by atoms with Crippen LogP contribution in [0.15, 0.2) is 48.6 Å². The standard InChI is InChI=1S/C40H74NO6P/c1-3-5-7-9-11-13-15-16-17-18-19-20-21-22-23-24-26-28-30-32-34-36-40(43)41-38(37-47-48(44,45)46)39(42)35-33-31-29-27-25-14-12-10-8-6-4-2/h17-18,20-21,23-24,28,30,38-39,42H,3-16,19,22,25-27,29,31-37H2,1-2H3,(H,41,43)(H2,44,45,46)/b18-17-,21-20-,24-23-,30-28-/t38-,39+/m0/s1. The van der Waals surface area contributed by atoms with E-state index < -0.39 is 26.6 Å². The van der Waals surface area contributed by atoms with Crippen LogP contribution < -0.4 is 5.32 Å². The van der Waals surface area contributed by atoms with Crippen molar-refractivity contribution >= 4 is 13.7 Å². The first-order valence-electron chi connectivity index (χ1n) is 19.6. The van der Waals surface area contributed by atoms with Gasteiger partial charge in [0.1, 0.15) is 0 Å². The van der Waals surface area contributed by atoms with Crippen LogP contribution in [-0.4, -0.2) is 39.6 Å². The van der Waals surface area contributed by atoms with Gasteiger partial charge in [-0.2, -0.15) is 0 Å². The van der Waals surface area contributed by atoms with Crippen molar-refractivity contribution in [3.05, 3.63) is 48.6 Å². The minimum absolute atomic E-state index is 0.250. The molecule has 48 heavy (non-hydrogen) atoms. The molecule has 0 saturated heterocycles. The van der Waals surface area contributed by atoms with Gasteiger partial charge >= 0.3 is 7.82 Å². The number of phosphoric acid groups is 1. The Balaban J connectivity index is 4.06. The van der Waals surface area contributed by atoms with Crippen LogP contribution in [0.5, 0.6) is 0 Å². The summed E-state index contributed by atoms with van der Waals surface area (Å²) in [7, 11) is -4.70. The molecule has 280 valence electrons. The summed E-state index contributed by atoms with van der Waals surface area (Å²) >= 11 is 0. The quantitative estimate of drug-likeness (QED) is 0.0298. The average Bonchev–Trinajstić information content (AvgIpc) is 3.05. The number of hydrogen-bond donors (Lipinski definition) is 4. The fourth-order valence-corrected chi connectivity index (χ4v) is 5.93. The molecule has 0 rings (SSSR count). The lowest BCUT2D eigenvalue weighted by atomic mass is 10.0. The summed E-state index contributed by atoms with van der Waals surface area (Å²) in [4.78, 5) is 30.8. The third-order valence-corrected chi connectivity index (χ3v) is 9.05. The molecule has 8 heteroatoms. The van der Waals surface area contributed by atoms with Gasteiger partial charge in [0.25, 0.3) is 0 Å². The lowest BCUT2D eigenvalue weighted by Gasteiger charge is -2.24. The fourth-order valence-electron chi connectivity index (χ4n) is 5.57. The van der Waals surface area contributed by atoms with Crippen molar-refractivity contribution in [3.8, 4) is 0 Å². The molecule has 0 saturated carbocycles. The predicted octanol–water partition coefficient (Wildman–Crippen LogP) is 11.3. The van der Waals surface area contributed by atoms with Crippen LogP contribution >= 0.6 is 7.82 Å². The maximum atomic E-state index is 12.5. The molecule has 0 aromatic rings. The van der Waals surface area contributed by atoms with Gasteiger partial charge in [-0.1, -0.05) is 172 Å². The number of phosphoric ester groups is 1. The van der Waals surface area contributed by atoms with Gasteiger partial charge in [-0.15, -0.1) is 0 Å². The van der Waals surface area contributed by atoms with Crippen molar-refractivity contribution in [2.75, 3.05) is 6.61 Å². The second kappa shape index (κ2) is 35.3. The minimum atomic E-state index is -4.70. The van der Waals surface area contributed by atoms with Crippen LogP contribution in [-0.2, 0) is 13.9 Å². The van der Waals surface area contributed by atoms with Gasteiger partial charge in [0.15, 0.2) is 0 Å². The zero-order chi connectivity index (χ0) is 35.4. The predicted molar refractivity (Wildman–Crippen MR) is 204 cm³/mol. The monoisotopic (exact) mass is 696 g/mol. The number of allylic oxidation sites excluding steroid dienone is 8. The highest BCUT2D eigenvalue weighted by atomic mass is 31.2. The van der Waals surface area contributed by atoms with E-state index >= 15 is 0 Å². The van der Waals surface area contributed by atoms with E-state index in [1.165, 1.54) is 103 Å². The summed E-state index contributed by atoms with van der Waals surface area (Å²) in [6, 6.07) is -0.853. The summed E-state index contributed by atoms with van der Waals surface area (Å²) < 4.78 is 15.9. The number of carbonyl (C=O) groups excluding carboxylic acids is 1. The number of hydrogen-bond acceptors (Lipinski definition) is 4. The van der Waals surface area contributed by atoms with Crippen molar-refractivity contribution in [3.63, 3.8) is 0 Å². The number of rotatable bonds is 35. The molecule has 0 aliphatic carbocycles. The molecule has 0 radical (unpaired) electrons. The van der Waals surface area contributed by atoms with Crippen LogP contribution in [0.4, 0.5) is 0 Å². The van der Waals surface area contributed by atoms with E-state index in [9.17, 15) is 14.5 Å². The van der Waals surface area contributed by atoms with Crippen molar-refractivity contribution in [1.82, 2.24) is 5.32 Å². The van der Waals surface area contributed by atoms with E-state index in [1.807, 2.05) is 0 Å². The van der Waals surface area contributed by atoms with Crippen molar-refractivity contribution in [1.29, 1.82) is 0 Å². The largest absolute Gasteiger partial charge is 0.469 e. The number of nitrogens with one attached hydrogen (secondary N) is 1. The second-order valence-electron chi connectivity index (χ2n) is 13.2. The molecular weight excluding hydrogens is 621 g/mol. The Morgan fingerprint density at radius 1 is 0.604 bits per heavy atom. The van der Waals surface area contributed by atoms with Gasteiger partial charge < -0.3 is 20.2 Å². The lowest BCUT2D eigenvalue weighted by molar-refractivity contribution is -0.123. The van der Waals surface area contributed by atoms with Gasteiger partial charge in [-0.05, 0) is 51.4 Å². The third kappa shape index (κ3) is 35.8. The zero-order valence-corrected chi connectivity index (χ0v) is 31.8. The highest BCUT2D eigenvalue weighted by molar-refractivity contribution is 7.46. The maximum absolute atomic E-state index is 12.5. The van der Waals surface area contributed by atoms with E-state index in [1.54, 1.807) is 0 Å². The van der Waals surface area contributed by atoms with Crippen LogP contribution in [0.3, 0.4) is 0 Å². The second-order valence-corrected chi connectivity index (χ2v) is 14.5. The molecule has 2 atom stereocenters.